The Balaban J connectivity index is 1.59. The molecule has 2 fully saturated rings. The van der Waals surface area contributed by atoms with Crippen LogP contribution in [-0.2, 0) is 25.6 Å². The molecule has 0 radical (unpaired) electrons. The highest BCUT2D eigenvalue weighted by Gasteiger charge is 2.47. The van der Waals surface area contributed by atoms with Crippen LogP contribution in [0.1, 0.15) is 11.1 Å². The lowest BCUT2D eigenvalue weighted by molar-refractivity contribution is -0.332. The summed E-state index contributed by atoms with van der Waals surface area (Å²) in [5.41, 5.74) is 1.85. The van der Waals surface area contributed by atoms with Gasteiger partial charge in [0, 0.05) is 0 Å². The first-order valence-electron chi connectivity index (χ1n) is 10.0. The molecule has 0 aliphatic carbocycles. The van der Waals surface area contributed by atoms with Gasteiger partial charge in [-0.2, -0.15) is 0 Å². The van der Waals surface area contributed by atoms with Crippen LogP contribution < -0.4 is 0 Å². The summed E-state index contributed by atoms with van der Waals surface area (Å²) in [6, 6.07) is 7.48. The maximum Gasteiger partial charge on any atom is 0.187 e. The molecule has 2 aliphatic heterocycles. The van der Waals surface area contributed by atoms with E-state index in [1.54, 1.807) is 0 Å². The Hall–Kier alpha value is -1.22. The molecule has 176 valence electrons. The summed E-state index contributed by atoms with van der Waals surface area (Å²) in [6.45, 7) is 0.986. The van der Waals surface area contributed by atoms with Crippen LogP contribution >= 0.6 is 0 Å². The summed E-state index contributed by atoms with van der Waals surface area (Å²) in [5.74, 6) is 0. The second-order valence-corrected chi connectivity index (χ2v) is 7.85. The maximum absolute atomic E-state index is 10.2. The number of aryl methyl sites for hydroxylation is 1. The molecular formula is C20H30O11. The van der Waals surface area contributed by atoms with E-state index in [0.717, 1.165) is 11.1 Å². The SMILES string of the molecule is Cc1cccc(CO[C@@H]2O[C@H](CO[C@@H]3O[C@H](CO)[C@@H](O)[C@H](O)[C@H]3O)[C@@H](O)[C@H](O)[C@H]2O)c1. The third-order valence-corrected chi connectivity index (χ3v) is 5.44. The number of aliphatic hydroxyl groups excluding tert-OH is 7. The minimum atomic E-state index is -1.62. The summed E-state index contributed by atoms with van der Waals surface area (Å²) < 4.78 is 21.7. The van der Waals surface area contributed by atoms with E-state index in [9.17, 15) is 35.7 Å². The first kappa shape index (κ1) is 24.4. The third-order valence-electron chi connectivity index (χ3n) is 5.44. The van der Waals surface area contributed by atoms with Crippen LogP contribution in [0.15, 0.2) is 24.3 Å². The maximum atomic E-state index is 10.2. The number of benzene rings is 1. The second kappa shape index (κ2) is 10.6. The van der Waals surface area contributed by atoms with Crippen molar-refractivity contribution in [2.75, 3.05) is 13.2 Å². The van der Waals surface area contributed by atoms with Crippen molar-refractivity contribution in [3.63, 3.8) is 0 Å². The number of hydrogen-bond donors (Lipinski definition) is 7. The van der Waals surface area contributed by atoms with Gasteiger partial charge in [0.05, 0.1) is 19.8 Å². The highest BCUT2D eigenvalue weighted by molar-refractivity contribution is 5.21. The van der Waals surface area contributed by atoms with Crippen molar-refractivity contribution in [3.05, 3.63) is 35.4 Å². The standard InChI is InChI=1S/C20H30O11/c1-9-3-2-4-10(5-9)7-28-19-18(27)16(25)14(23)12(31-19)8-29-20-17(26)15(24)13(22)11(6-21)30-20/h2-5,11-27H,6-8H2,1H3/t11-,12-,13-,14-,15+,16+,17-,18-,19-,20-/m1/s1. The molecule has 2 aliphatic rings. The average Bonchev–Trinajstić information content (AvgIpc) is 2.76. The van der Waals surface area contributed by atoms with Gasteiger partial charge in [-0.25, -0.2) is 0 Å². The van der Waals surface area contributed by atoms with Crippen molar-refractivity contribution in [3.8, 4) is 0 Å². The van der Waals surface area contributed by atoms with Crippen molar-refractivity contribution in [2.45, 2.75) is 74.9 Å². The molecule has 7 N–H and O–H groups in total. The van der Waals surface area contributed by atoms with Crippen LogP contribution in [-0.4, -0.2) is 110 Å². The van der Waals surface area contributed by atoms with Gasteiger partial charge >= 0.3 is 0 Å². The quantitative estimate of drug-likeness (QED) is 0.229. The molecule has 0 aromatic heterocycles. The zero-order valence-corrected chi connectivity index (χ0v) is 17.0. The van der Waals surface area contributed by atoms with Crippen LogP contribution in [0, 0.1) is 6.92 Å². The van der Waals surface area contributed by atoms with Crippen molar-refractivity contribution < 1.29 is 54.7 Å². The lowest BCUT2D eigenvalue weighted by atomic mass is 9.98. The van der Waals surface area contributed by atoms with Gasteiger partial charge in [-0.05, 0) is 12.5 Å². The van der Waals surface area contributed by atoms with Crippen LogP contribution in [0.5, 0.6) is 0 Å². The van der Waals surface area contributed by atoms with E-state index >= 15 is 0 Å². The first-order valence-corrected chi connectivity index (χ1v) is 10.0. The molecule has 0 unspecified atom stereocenters. The van der Waals surface area contributed by atoms with Gasteiger partial charge in [0.25, 0.3) is 0 Å². The second-order valence-electron chi connectivity index (χ2n) is 7.85. The minimum absolute atomic E-state index is 0.0898. The topological polar surface area (TPSA) is 179 Å². The van der Waals surface area contributed by atoms with E-state index in [0.29, 0.717) is 0 Å². The smallest absolute Gasteiger partial charge is 0.187 e. The van der Waals surface area contributed by atoms with Gasteiger partial charge in [-0.1, -0.05) is 29.8 Å². The highest BCUT2D eigenvalue weighted by atomic mass is 16.7. The van der Waals surface area contributed by atoms with Gasteiger partial charge in [0.2, 0.25) is 0 Å². The average molecular weight is 446 g/mol. The molecule has 3 rings (SSSR count). The van der Waals surface area contributed by atoms with Crippen LogP contribution in [0.3, 0.4) is 0 Å². The number of ether oxygens (including phenoxy) is 4. The Morgan fingerprint density at radius 2 is 1.35 bits per heavy atom. The minimum Gasteiger partial charge on any atom is -0.394 e. The van der Waals surface area contributed by atoms with E-state index in [1.807, 2.05) is 31.2 Å². The summed E-state index contributed by atoms with van der Waals surface area (Å²) in [4.78, 5) is 0. The third kappa shape index (κ3) is 5.59. The predicted octanol–water partition coefficient (Wildman–Crippen LogP) is -2.86. The van der Waals surface area contributed by atoms with Crippen molar-refractivity contribution >= 4 is 0 Å². The van der Waals surface area contributed by atoms with Gasteiger partial charge in [0.15, 0.2) is 12.6 Å². The molecular weight excluding hydrogens is 416 g/mol. The monoisotopic (exact) mass is 446 g/mol. The van der Waals surface area contributed by atoms with Gasteiger partial charge in [0.1, 0.15) is 48.8 Å². The van der Waals surface area contributed by atoms with Crippen LogP contribution in [0.2, 0.25) is 0 Å². The summed E-state index contributed by atoms with van der Waals surface area (Å²) in [7, 11) is 0. The zero-order chi connectivity index (χ0) is 22.7. The van der Waals surface area contributed by atoms with Crippen molar-refractivity contribution in [1.29, 1.82) is 0 Å². The Morgan fingerprint density at radius 1 is 0.774 bits per heavy atom. The fourth-order valence-corrected chi connectivity index (χ4v) is 3.57. The highest BCUT2D eigenvalue weighted by Crippen LogP contribution is 2.26. The van der Waals surface area contributed by atoms with E-state index in [2.05, 4.69) is 0 Å². The van der Waals surface area contributed by atoms with Crippen LogP contribution in [0.25, 0.3) is 0 Å². The predicted molar refractivity (Wildman–Crippen MR) is 102 cm³/mol. The first-order chi connectivity index (χ1) is 14.7. The fraction of sp³-hybridized carbons (Fsp3) is 0.700. The van der Waals surface area contributed by atoms with E-state index in [1.165, 1.54) is 0 Å². The van der Waals surface area contributed by atoms with Crippen molar-refractivity contribution in [2.24, 2.45) is 0 Å². The Morgan fingerprint density at radius 3 is 1.97 bits per heavy atom. The summed E-state index contributed by atoms with van der Waals surface area (Å²) >= 11 is 0. The molecule has 0 amide bonds. The molecule has 2 saturated heterocycles. The molecule has 1 aromatic rings. The normalized spacial score (nSPS) is 41.3. The molecule has 11 nitrogen and oxygen atoms in total. The van der Waals surface area contributed by atoms with E-state index in [-0.39, 0.29) is 6.61 Å². The lowest BCUT2D eigenvalue weighted by Crippen LogP contribution is -2.61. The molecule has 11 heteroatoms. The lowest BCUT2D eigenvalue weighted by Gasteiger charge is -2.42. The van der Waals surface area contributed by atoms with Gasteiger partial charge in [-0.15, -0.1) is 0 Å². The van der Waals surface area contributed by atoms with Gasteiger partial charge in [-0.3, -0.25) is 0 Å². The zero-order valence-electron chi connectivity index (χ0n) is 17.0. The Labute approximate surface area is 179 Å². The van der Waals surface area contributed by atoms with E-state index in [4.69, 9.17) is 18.9 Å². The largest absolute Gasteiger partial charge is 0.394 e. The molecule has 0 saturated carbocycles. The van der Waals surface area contributed by atoms with Gasteiger partial charge < -0.3 is 54.7 Å². The Kier molecular flexibility index (Phi) is 8.35. The fourth-order valence-electron chi connectivity index (χ4n) is 3.57. The number of hydrogen-bond acceptors (Lipinski definition) is 11. The molecule has 0 spiro atoms. The Bertz CT molecular complexity index is 701. The molecule has 2 heterocycles. The molecule has 1 aromatic carbocycles. The number of aliphatic hydroxyl groups is 7. The summed E-state index contributed by atoms with van der Waals surface area (Å²) in [5, 5.41) is 69.5. The van der Waals surface area contributed by atoms with Crippen LogP contribution in [0.4, 0.5) is 0 Å². The van der Waals surface area contributed by atoms with Crippen molar-refractivity contribution in [1.82, 2.24) is 0 Å². The molecule has 10 atom stereocenters. The molecule has 31 heavy (non-hydrogen) atoms. The number of rotatable bonds is 7. The molecule has 0 bridgehead atoms. The van der Waals surface area contributed by atoms with E-state index < -0.39 is 74.6 Å². The summed E-state index contributed by atoms with van der Waals surface area (Å²) in [6.07, 6.45) is -14.4.